The predicted octanol–water partition coefficient (Wildman–Crippen LogP) is 0.883. The SMILES string of the molecule is CS(=O)(=O)/C(=C/c1ccccc1)COC(=O)NCC(=O)O. The van der Waals surface area contributed by atoms with Crippen LogP contribution in [0.4, 0.5) is 4.79 Å². The minimum atomic E-state index is -3.55. The zero-order valence-electron chi connectivity index (χ0n) is 11.3. The fraction of sp³-hybridized carbons (Fsp3) is 0.231. The number of alkyl carbamates (subject to hydrolysis) is 1. The van der Waals surface area contributed by atoms with Gasteiger partial charge in [0.15, 0.2) is 9.84 Å². The van der Waals surface area contributed by atoms with Crippen LogP contribution in [0.5, 0.6) is 0 Å². The molecule has 0 radical (unpaired) electrons. The van der Waals surface area contributed by atoms with Crippen molar-refractivity contribution in [2.75, 3.05) is 19.4 Å². The summed E-state index contributed by atoms with van der Waals surface area (Å²) < 4.78 is 28.0. The second kappa shape index (κ2) is 7.44. The number of carboxylic acid groups (broad SMARTS) is 1. The van der Waals surface area contributed by atoms with Crippen molar-refractivity contribution in [1.29, 1.82) is 0 Å². The molecule has 0 aliphatic carbocycles. The normalized spacial score (nSPS) is 11.8. The topological polar surface area (TPSA) is 110 Å². The molecule has 0 aliphatic heterocycles. The van der Waals surface area contributed by atoms with Gasteiger partial charge in [0.2, 0.25) is 0 Å². The average molecular weight is 313 g/mol. The molecule has 1 amide bonds. The Labute approximate surface area is 122 Å². The lowest BCUT2D eigenvalue weighted by Crippen LogP contribution is -2.30. The summed E-state index contributed by atoms with van der Waals surface area (Å²) in [5.74, 6) is -1.23. The van der Waals surface area contributed by atoms with Crippen LogP contribution in [-0.2, 0) is 19.4 Å². The maximum absolute atomic E-state index is 11.6. The van der Waals surface area contributed by atoms with E-state index in [0.717, 1.165) is 6.26 Å². The molecular formula is C13H15NO6S. The Morgan fingerprint density at radius 3 is 2.43 bits per heavy atom. The highest BCUT2D eigenvalue weighted by atomic mass is 32.2. The van der Waals surface area contributed by atoms with Crippen LogP contribution in [0.15, 0.2) is 35.2 Å². The maximum atomic E-state index is 11.6. The molecule has 0 saturated carbocycles. The number of nitrogens with one attached hydrogen (secondary N) is 1. The summed E-state index contributed by atoms with van der Waals surface area (Å²) in [6.07, 6.45) is 1.39. The number of amides is 1. The molecule has 0 aromatic heterocycles. The molecule has 2 N–H and O–H groups in total. The fourth-order valence-electron chi connectivity index (χ4n) is 1.33. The zero-order chi connectivity index (χ0) is 15.9. The van der Waals surface area contributed by atoms with Gasteiger partial charge in [-0.3, -0.25) is 4.79 Å². The van der Waals surface area contributed by atoms with Gasteiger partial charge in [-0.2, -0.15) is 0 Å². The van der Waals surface area contributed by atoms with Crippen LogP contribution in [0, 0.1) is 0 Å². The van der Waals surface area contributed by atoms with Crippen LogP contribution in [0.25, 0.3) is 6.08 Å². The number of carbonyl (C=O) groups excluding carboxylic acids is 1. The largest absolute Gasteiger partial charge is 0.480 e. The molecule has 1 rings (SSSR count). The number of carboxylic acids is 1. The number of benzene rings is 1. The Bertz CT molecular complexity index is 636. The van der Waals surface area contributed by atoms with E-state index in [1.54, 1.807) is 30.3 Å². The van der Waals surface area contributed by atoms with Crippen LogP contribution < -0.4 is 5.32 Å². The molecule has 0 unspecified atom stereocenters. The van der Waals surface area contributed by atoms with Crippen LogP contribution in [0.1, 0.15) is 5.56 Å². The molecular weight excluding hydrogens is 298 g/mol. The van der Waals surface area contributed by atoms with Gasteiger partial charge < -0.3 is 15.2 Å². The lowest BCUT2D eigenvalue weighted by Gasteiger charge is -2.08. The summed E-state index contributed by atoms with van der Waals surface area (Å²) in [5, 5.41) is 10.4. The maximum Gasteiger partial charge on any atom is 0.407 e. The van der Waals surface area contributed by atoms with E-state index in [2.05, 4.69) is 0 Å². The molecule has 0 saturated heterocycles. The Morgan fingerprint density at radius 2 is 1.90 bits per heavy atom. The molecule has 0 spiro atoms. The van der Waals surface area contributed by atoms with E-state index < -0.39 is 35.1 Å². The Balaban J connectivity index is 2.75. The third-order valence-corrected chi connectivity index (χ3v) is 3.52. The molecule has 0 atom stereocenters. The Morgan fingerprint density at radius 1 is 1.29 bits per heavy atom. The monoisotopic (exact) mass is 313 g/mol. The quantitative estimate of drug-likeness (QED) is 0.807. The van der Waals surface area contributed by atoms with Crippen LogP contribution in [-0.4, -0.2) is 45.0 Å². The van der Waals surface area contributed by atoms with Gasteiger partial charge in [-0.25, -0.2) is 13.2 Å². The molecule has 1 aromatic carbocycles. The second-order valence-electron chi connectivity index (χ2n) is 4.12. The first-order chi connectivity index (χ1) is 9.79. The number of sulfone groups is 1. The van der Waals surface area contributed by atoms with Gasteiger partial charge in [0.1, 0.15) is 13.2 Å². The van der Waals surface area contributed by atoms with Crippen LogP contribution in [0.3, 0.4) is 0 Å². The van der Waals surface area contributed by atoms with Crippen molar-refractivity contribution in [1.82, 2.24) is 5.32 Å². The standard InChI is InChI=1S/C13H15NO6S/c1-21(18,19)11(7-10-5-3-2-4-6-10)9-20-13(17)14-8-12(15)16/h2-7H,8-9H2,1H3,(H,14,17)(H,15,16)/b11-7+. The molecule has 8 heteroatoms. The fourth-order valence-corrected chi connectivity index (χ4v) is 1.95. The van der Waals surface area contributed by atoms with Gasteiger partial charge in [-0.05, 0) is 11.6 Å². The van der Waals surface area contributed by atoms with E-state index >= 15 is 0 Å². The van der Waals surface area contributed by atoms with Gasteiger partial charge >= 0.3 is 12.1 Å². The van der Waals surface area contributed by atoms with Crippen LogP contribution in [0.2, 0.25) is 0 Å². The van der Waals surface area contributed by atoms with Crippen LogP contribution >= 0.6 is 0 Å². The first-order valence-corrected chi connectivity index (χ1v) is 7.76. The minimum Gasteiger partial charge on any atom is -0.480 e. The van der Waals surface area contributed by atoms with Crippen molar-refractivity contribution >= 4 is 28.0 Å². The van der Waals surface area contributed by atoms with Crippen molar-refractivity contribution < 1.29 is 27.9 Å². The van der Waals surface area contributed by atoms with E-state index in [9.17, 15) is 18.0 Å². The Kier molecular flexibility index (Phi) is 5.92. The van der Waals surface area contributed by atoms with E-state index in [0.29, 0.717) is 5.56 Å². The number of ether oxygens (including phenoxy) is 1. The van der Waals surface area contributed by atoms with Crippen molar-refractivity contribution in [3.05, 3.63) is 40.8 Å². The van der Waals surface area contributed by atoms with Gasteiger partial charge in [0, 0.05) is 6.26 Å². The highest BCUT2D eigenvalue weighted by Crippen LogP contribution is 2.12. The molecule has 0 aliphatic rings. The molecule has 1 aromatic rings. The number of aliphatic carboxylic acids is 1. The molecule has 0 fully saturated rings. The molecule has 0 heterocycles. The summed E-state index contributed by atoms with van der Waals surface area (Å²) in [6, 6.07) is 8.68. The summed E-state index contributed by atoms with van der Waals surface area (Å²) in [4.78, 5) is 21.4. The first-order valence-electron chi connectivity index (χ1n) is 5.87. The van der Waals surface area contributed by atoms with Gasteiger partial charge in [0.05, 0.1) is 4.91 Å². The first kappa shape index (κ1) is 16.7. The smallest absolute Gasteiger partial charge is 0.407 e. The average Bonchev–Trinajstić information content (AvgIpc) is 2.41. The Hall–Kier alpha value is -2.35. The number of rotatable bonds is 6. The van der Waals surface area contributed by atoms with E-state index in [1.165, 1.54) is 6.08 Å². The number of carbonyl (C=O) groups is 2. The van der Waals surface area contributed by atoms with Crippen molar-refractivity contribution in [3.8, 4) is 0 Å². The van der Waals surface area contributed by atoms with E-state index in [1.807, 2.05) is 5.32 Å². The van der Waals surface area contributed by atoms with Gasteiger partial charge in [-0.1, -0.05) is 30.3 Å². The summed E-state index contributed by atoms with van der Waals surface area (Å²) in [7, 11) is -3.55. The minimum absolute atomic E-state index is 0.0841. The summed E-state index contributed by atoms with van der Waals surface area (Å²) in [5.41, 5.74) is 0.646. The lowest BCUT2D eigenvalue weighted by atomic mass is 10.2. The third-order valence-electron chi connectivity index (χ3n) is 2.33. The number of hydrogen-bond donors (Lipinski definition) is 2. The van der Waals surface area contributed by atoms with E-state index in [4.69, 9.17) is 9.84 Å². The molecule has 21 heavy (non-hydrogen) atoms. The van der Waals surface area contributed by atoms with Crippen molar-refractivity contribution in [2.24, 2.45) is 0 Å². The van der Waals surface area contributed by atoms with Crippen molar-refractivity contribution in [2.45, 2.75) is 0 Å². The lowest BCUT2D eigenvalue weighted by molar-refractivity contribution is -0.135. The second-order valence-corrected chi connectivity index (χ2v) is 6.19. The summed E-state index contributed by atoms with van der Waals surface area (Å²) >= 11 is 0. The van der Waals surface area contributed by atoms with E-state index in [-0.39, 0.29) is 4.91 Å². The summed E-state index contributed by atoms with van der Waals surface area (Å²) in [6.45, 7) is -1.07. The van der Waals surface area contributed by atoms with Gasteiger partial charge in [-0.15, -0.1) is 0 Å². The molecule has 114 valence electrons. The molecule has 7 nitrogen and oxygen atoms in total. The van der Waals surface area contributed by atoms with Gasteiger partial charge in [0.25, 0.3) is 0 Å². The zero-order valence-corrected chi connectivity index (χ0v) is 12.1. The highest BCUT2D eigenvalue weighted by molar-refractivity contribution is 7.94. The number of hydrogen-bond acceptors (Lipinski definition) is 5. The van der Waals surface area contributed by atoms with Crippen molar-refractivity contribution in [3.63, 3.8) is 0 Å². The molecule has 0 bridgehead atoms. The third kappa shape index (κ3) is 6.57. The highest BCUT2D eigenvalue weighted by Gasteiger charge is 2.14. The predicted molar refractivity (Wildman–Crippen MR) is 76.2 cm³/mol.